The zero-order valence-corrected chi connectivity index (χ0v) is 11.9. The van der Waals surface area contributed by atoms with E-state index in [1.165, 1.54) is 0 Å². The van der Waals surface area contributed by atoms with Crippen molar-refractivity contribution in [1.82, 2.24) is 0 Å². The van der Waals surface area contributed by atoms with Crippen LogP contribution in [0.15, 0.2) is 18.2 Å². The Hall–Kier alpha value is -0.740. The van der Waals surface area contributed by atoms with E-state index in [0.29, 0.717) is 24.3 Å². The largest absolute Gasteiger partial charge is 0.493 e. The first-order valence-electron chi connectivity index (χ1n) is 5.38. The predicted molar refractivity (Wildman–Crippen MR) is 71.0 cm³/mol. The molecule has 0 saturated heterocycles. The summed E-state index contributed by atoms with van der Waals surface area (Å²) >= 11 is 8.43. The molecule has 0 N–H and O–H groups in total. The third kappa shape index (κ3) is 3.89. The maximum absolute atomic E-state index is 11.5. The average molecular weight is 322 g/mol. The first-order valence-corrected chi connectivity index (χ1v) is 6.81. The van der Waals surface area contributed by atoms with Crippen LogP contribution in [0.1, 0.15) is 29.3 Å². The van der Waals surface area contributed by atoms with Gasteiger partial charge in [0.25, 0.3) is 0 Å². The van der Waals surface area contributed by atoms with Crippen molar-refractivity contribution in [3.8, 4) is 5.75 Å². The monoisotopic (exact) mass is 320 g/mol. The fourth-order valence-corrected chi connectivity index (χ4v) is 1.85. The second-order valence-corrected chi connectivity index (χ2v) is 4.34. The summed E-state index contributed by atoms with van der Waals surface area (Å²) in [6.07, 6.45) is 1.60. The Bertz CT molecular complexity index is 382. The fourth-order valence-electron chi connectivity index (χ4n) is 1.54. The molecule has 0 heterocycles. The molecule has 0 atom stereocenters. The van der Waals surface area contributed by atoms with Crippen LogP contribution in [0.4, 0.5) is 0 Å². The van der Waals surface area contributed by atoms with Crippen LogP contribution in [-0.2, 0) is 10.7 Å². The zero-order chi connectivity index (χ0) is 12.7. The molecule has 0 spiro atoms. The molecule has 1 aromatic carbocycles. The average Bonchev–Trinajstić information content (AvgIpc) is 2.37. The molecular weight excluding hydrogens is 307 g/mol. The van der Waals surface area contributed by atoms with Crippen LogP contribution in [0.2, 0.25) is 0 Å². The maximum atomic E-state index is 11.5. The van der Waals surface area contributed by atoms with Crippen LogP contribution >= 0.6 is 27.8 Å². The van der Waals surface area contributed by atoms with Gasteiger partial charge in [-0.1, -0.05) is 28.9 Å². The summed E-state index contributed by atoms with van der Waals surface area (Å²) in [7, 11) is 0. The molecule has 1 aromatic rings. The van der Waals surface area contributed by atoms with Gasteiger partial charge in [0.1, 0.15) is 17.6 Å². The maximum Gasteiger partial charge on any atom is 0.356 e. The topological polar surface area (TPSA) is 35.5 Å². The summed E-state index contributed by atoms with van der Waals surface area (Å²) in [6, 6.07) is 5.28. The van der Waals surface area contributed by atoms with Gasteiger partial charge in [-0.2, -0.15) is 0 Å². The highest BCUT2D eigenvalue weighted by atomic mass is 79.9. The number of halogens is 2. The van der Waals surface area contributed by atoms with E-state index in [1.54, 1.807) is 12.1 Å². The van der Waals surface area contributed by atoms with E-state index in [1.807, 2.05) is 13.0 Å². The first kappa shape index (κ1) is 14.3. The van der Waals surface area contributed by atoms with E-state index >= 15 is 0 Å². The van der Waals surface area contributed by atoms with E-state index in [4.69, 9.17) is 16.6 Å². The second-order valence-electron chi connectivity index (χ2n) is 3.39. The van der Waals surface area contributed by atoms with E-state index in [2.05, 4.69) is 20.2 Å². The Labute approximate surface area is 114 Å². The van der Waals surface area contributed by atoms with Crippen molar-refractivity contribution in [2.75, 3.05) is 11.9 Å². The Morgan fingerprint density at radius 2 is 2.24 bits per heavy atom. The molecular formula is C12H14BrClO3. The van der Waals surface area contributed by atoms with Crippen molar-refractivity contribution in [3.63, 3.8) is 0 Å². The smallest absolute Gasteiger partial charge is 0.356 e. The number of carbonyl (C=O) groups excluding carboxylic acids is 1. The quantitative estimate of drug-likeness (QED) is 0.591. The van der Waals surface area contributed by atoms with Gasteiger partial charge in [-0.05, 0) is 25.0 Å². The minimum absolute atomic E-state index is 0.457. The van der Waals surface area contributed by atoms with Gasteiger partial charge in [0.05, 0.1) is 12.2 Å². The van der Waals surface area contributed by atoms with Crippen molar-refractivity contribution >= 4 is 33.8 Å². The van der Waals surface area contributed by atoms with Crippen molar-refractivity contribution in [2.45, 2.75) is 19.8 Å². The number of carbonyl (C=O) groups is 1. The Kier molecular flexibility index (Phi) is 6.37. The highest BCUT2D eigenvalue weighted by Crippen LogP contribution is 2.24. The Morgan fingerprint density at radius 1 is 1.47 bits per heavy atom. The fraction of sp³-hybridized carbons (Fsp3) is 0.417. The Balaban J connectivity index is 2.93. The molecule has 0 aliphatic carbocycles. The lowest BCUT2D eigenvalue weighted by Gasteiger charge is -2.12. The van der Waals surface area contributed by atoms with Crippen molar-refractivity contribution in [1.29, 1.82) is 0 Å². The van der Waals surface area contributed by atoms with Gasteiger partial charge in [-0.3, -0.25) is 0 Å². The van der Waals surface area contributed by atoms with Gasteiger partial charge >= 0.3 is 5.97 Å². The molecule has 0 aliphatic heterocycles. The summed E-state index contributed by atoms with van der Waals surface area (Å²) in [5.41, 5.74) is 1.28. The number of rotatable bonds is 6. The number of benzene rings is 1. The first-order chi connectivity index (χ1) is 8.24. The molecule has 17 heavy (non-hydrogen) atoms. The summed E-state index contributed by atoms with van der Waals surface area (Å²) in [5, 5.41) is 0.887. The second kappa shape index (κ2) is 7.56. The van der Waals surface area contributed by atoms with Crippen LogP contribution in [0.5, 0.6) is 5.75 Å². The van der Waals surface area contributed by atoms with Gasteiger partial charge in [-0.15, -0.1) is 0 Å². The van der Waals surface area contributed by atoms with Gasteiger partial charge in [0.2, 0.25) is 0 Å². The molecule has 5 heteroatoms. The molecule has 0 amide bonds. The minimum atomic E-state index is -0.547. The number of alkyl halides is 1. The third-order valence-electron chi connectivity index (χ3n) is 2.31. The summed E-state index contributed by atoms with van der Waals surface area (Å²) in [6.45, 7) is 2.56. The van der Waals surface area contributed by atoms with E-state index < -0.39 is 5.97 Å². The van der Waals surface area contributed by atoms with Gasteiger partial charge in [0, 0.05) is 10.9 Å². The third-order valence-corrected chi connectivity index (χ3v) is 3.01. The van der Waals surface area contributed by atoms with E-state index in [9.17, 15) is 4.79 Å². The van der Waals surface area contributed by atoms with Crippen LogP contribution < -0.4 is 4.74 Å². The summed E-state index contributed by atoms with van der Waals surface area (Å²) < 4.78 is 9.85. The lowest BCUT2D eigenvalue weighted by molar-refractivity contribution is 0.0749. The predicted octanol–water partition coefficient (Wildman–Crippen LogP) is 3.72. The lowest BCUT2D eigenvalue weighted by atomic mass is 10.0. The molecule has 0 aliphatic rings. The van der Waals surface area contributed by atoms with Crippen molar-refractivity contribution in [3.05, 3.63) is 29.3 Å². The molecule has 3 nitrogen and oxygen atoms in total. The van der Waals surface area contributed by atoms with Gasteiger partial charge in [0.15, 0.2) is 0 Å². The molecule has 1 rings (SSSR count). The van der Waals surface area contributed by atoms with Gasteiger partial charge < -0.3 is 9.03 Å². The molecule has 0 unspecified atom stereocenters. The lowest BCUT2D eigenvalue weighted by Crippen LogP contribution is -2.07. The van der Waals surface area contributed by atoms with Crippen molar-refractivity contribution < 1.29 is 13.8 Å². The van der Waals surface area contributed by atoms with Crippen LogP contribution in [0.3, 0.4) is 0 Å². The molecule has 0 radical (unpaired) electrons. The summed E-state index contributed by atoms with van der Waals surface area (Å²) in [4.78, 5) is 11.5. The van der Waals surface area contributed by atoms with E-state index in [0.717, 1.165) is 17.3 Å². The molecule has 0 aromatic heterocycles. The SMILES string of the molecule is CCc1c(OCCCBr)cccc1C(=O)OCl. The molecule has 0 fully saturated rings. The normalized spacial score (nSPS) is 10.1. The van der Waals surface area contributed by atoms with E-state index in [-0.39, 0.29) is 0 Å². The molecule has 0 saturated carbocycles. The van der Waals surface area contributed by atoms with Crippen LogP contribution in [-0.4, -0.2) is 17.9 Å². The highest BCUT2D eigenvalue weighted by Gasteiger charge is 2.15. The van der Waals surface area contributed by atoms with Crippen LogP contribution in [0, 0.1) is 0 Å². The number of hydrogen-bond acceptors (Lipinski definition) is 3. The standard InChI is InChI=1S/C12H14BrClO3/c1-2-9-10(12(15)17-14)5-3-6-11(9)16-8-4-7-13/h3,5-6H,2,4,7-8H2,1H3. The van der Waals surface area contributed by atoms with Crippen LogP contribution in [0.25, 0.3) is 0 Å². The Morgan fingerprint density at radius 3 is 2.82 bits per heavy atom. The number of hydrogen-bond donors (Lipinski definition) is 0. The molecule has 94 valence electrons. The zero-order valence-electron chi connectivity index (χ0n) is 9.54. The minimum Gasteiger partial charge on any atom is -0.493 e. The van der Waals surface area contributed by atoms with Gasteiger partial charge in [-0.25, -0.2) is 4.79 Å². The highest BCUT2D eigenvalue weighted by molar-refractivity contribution is 9.09. The molecule has 0 bridgehead atoms. The summed E-state index contributed by atoms with van der Waals surface area (Å²) in [5.74, 6) is 0.169. The number of ether oxygens (including phenoxy) is 1. The van der Waals surface area contributed by atoms with Crippen molar-refractivity contribution in [2.24, 2.45) is 0 Å².